The minimum Gasteiger partial charge on any atom is -0.494 e. The number of nitrogens with zero attached hydrogens (tertiary/aromatic N) is 1. The third kappa shape index (κ3) is 3.98. The average molecular weight is 306 g/mol. The summed E-state index contributed by atoms with van der Waals surface area (Å²) in [6.07, 6.45) is 2.49. The zero-order valence-electron chi connectivity index (χ0n) is 13.1. The lowest BCUT2D eigenvalue weighted by atomic mass is 10.1. The van der Waals surface area contributed by atoms with Crippen molar-refractivity contribution in [3.8, 4) is 5.75 Å². The molecule has 0 bridgehead atoms. The fraction of sp³-hybridized carbons (Fsp3) is 0.500. The van der Waals surface area contributed by atoms with Crippen LogP contribution >= 0.6 is 0 Å². The van der Waals surface area contributed by atoms with E-state index in [0.29, 0.717) is 31.0 Å². The van der Waals surface area contributed by atoms with Crippen LogP contribution < -0.4 is 15.0 Å². The van der Waals surface area contributed by atoms with Gasteiger partial charge in [0.2, 0.25) is 11.8 Å². The quantitative estimate of drug-likeness (QED) is 0.875. The summed E-state index contributed by atoms with van der Waals surface area (Å²) in [5.74, 6) is 0.466. The fourth-order valence-corrected chi connectivity index (χ4v) is 2.43. The van der Waals surface area contributed by atoms with Crippen LogP contribution in [0.5, 0.6) is 5.75 Å². The zero-order chi connectivity index (χ0) is 15.9. The molecule has 1 aliphatic heterocycles. The molecule has 1 N–H and O–H groups in total. The molecule has 1 aromatic rings. The molecule has 1 fully saturated rings. The number of amides is 2. The zero-order valence-corrected chi connectivity index (χ0v) is 13.1. The largest absolute Gasteiger partial charge is 0.494 e. The summed E-state index contributed by atoms with van der Waals surface area (Å²) in [4.78, 5) is 25.4. The predicted octanol–water partition coefficient (Wildman–Crippen LogP) is 2.19. The molecule has 0 saturated carbocycles. The SMILES string of the molecule is CCOCC(=O)Nc1ccc(N2CCCCC2=O)c(OC)c1. The van der Waals surface area contributed by atoms with Gasteiger partial charge in [-0.2, -0.15) is 0 Å². The van der Waals surface area contributed by atoms with E-state index < -0.39 is 0 Å². The average Bonchev–Trinajstić information content (AvgIpc) is 2.53. The number of hydrogen-bond acceptors (Lipinski definition) is 4. The molecule has 6 heteroatoms. The summed E-state index contributed by atoms with van der Waals surface area (Å²) in [5, 5.41) is 2.75. The lowest BCUT2D eigenvalue weighted by Crippen LogP contribution is -2.35. The first-order chi connectivity index (χ1) is 10.7. The van der Waals surface area contributed by atoms with Crippen molar-refractivity contribution in [3.05, 3.63) is 18.2 Å². The molecule has 2 amide bonds. The smallest absolute Gasteiger partial charge is 0.250 e. The number of piperidine rings is 1. The minimum atomic E-state index is -0.217. The third-order valence-electron chi connectivity index (χ3n) is 3.51. The van der Waals surface area contributed by atoms with Gasteiger partial charge in [0.15, 0.2) is 0 Å². The van der Waals surface area contributed by atoms with Crippen molar-refractivity contribution >= 4 is 23.2 Å². The van der Waals surface area contributed by atoms with E-state index in [1.807, 2.05) is 6.92 Å². The van der Waals surface area contributed by atoms with Crippen LogP contribution in [0.4, 0.5) is 11.4 Å². The maximum atomic E-state index is 12.0. The van der Waals surface area contributed by atoms with Crippen molar-refractivity contribution in [2.45, 2.75) is 26.2 Å². The summed E-state index contributed by atoms with van der Waals surface area (Å²) in [6, 6.07) is 5.29. The molecule has 6 nitrogen and oxygen atoms in total. The van der Waals surface area contributed by atoms with Gasteiger partial charge in [-0.3, -0.25) is 9.59 Å². The summed E-state index contributed by atoms with van der Waals surface area (Å²) in [7, 11) is 1.55. The van der Waals surface area contributed by atoms with Gasteiger partial charge < -0.3 is 19.7 Å². The molecule has 22 heavy (non-hydrogen) atoms. The molecule has 0 unspecified atom stereocenters. The Balaban J connectivity index is 2.13. The Morgan fingerprint density at radius 2 is 2.18 bits per heavy atom. The van der Waals surface area contributed by atoms with Crippen LogP contribution in [0.25, 0.3) is 0 Å². The van der Waals surface area contributed by atoms with Crippen LogP contribution in [0.2, 0.25) is 0 Å². The standard InChI is InChI=1S/C16H22N2O4/c1-3-22-11-15(19)17-12-7-8-13(14(10-12)21-2)18-9-5-4-6-16(18)20/h7-8,10H,3-6,9,11H2,1-2H3,(H,17,19). The molecular formula is C16H22N2O4. The first kappa shape index (κ1) is 16.3. The lowest BCUT2D eigenvalue weighted by Gasteiger charge is -2.28. The highest BCUT2D eigenvalue weighted by molar-refractivity contribution is 5.97. The van der Waals surface area contributed by atoms with Gasteiger partial charge in [-0.1, -0.05) is 0 Å². The van der Waals surface area contributed by atoms with Crippen LogP contribution in [0.1, 0.15) is 26.2 Å². The van der Waals surface area contributed by atoms with Gasteiger partial charge in [0.05, 0.1) is 12.8 Å². The maximum Gasteiger partial charge on any atom is 0.250 e. The Hall–Kier alpha value is -2.08. The van der Waals surface area contributed by atoms with Crippen molar-refractivity contribution in [3.63, 3.8) is 0 Å². The maximum absolute atomic E-state index is 12.0. The number of nitrogens with one attached hydrogen (secondary N) is 1. The van der Waals surface area contributed by atoms with Crippen LogP contribution in [0.3, 0.4) is 0 Å². The van der Waals surface area contributed by atoms with Crippen LogP contribution in [-0.4, -0.2) is 38.7 Å². The Kier molecular flexibility index (Phi) is 5.77. The van der Waals surface area contributed by atoms with Gasteiger partial charge >= 0.3 is 0 Å². The molecule has 120 valence electrons. The van der Waals surface area contributed by atoms with Gasteiger partial charge in [0.1, 0.15) is 12.4 Å². The first-order valence-corrected chi connectivity index (χ1v) is 7.51. The number of rotatable bonds is 6. The highest BCUT2D eigenvalue weighted by Gasteiger charge is 2.22. The summed E-state index contributed by atoms with van der Waals surface area (Å²) < 4.78 is 10.4. The Morgan fingerprint density at radius 1 is 1.36 bits per heavy atom. The molecule has 0 radical (unpaired) electrons. The summed E-state index contributed by atoms with van der Waals surface area (Å²) >= 11 is 0. The molecule has 1 aromatic carbocycles. The Bertz CT molecular complexity index is 545. The van der Waals surface area contributed by atoms with Crippen LogP contribution in [-0.2, 0) is 14.3 Å². The molecule has 0 spiro atoms. The second-order valence-corrected chi connectivity index (χ2v) is 5.07. The summed E-state index contributed by atoms with van der Waals surface area (Å²) in [5.41, 5.74) is 1.37. The van der Waals surface area contributed by atoms with Gasteiger partial charge in [-0.25, -0.2) is 0 Å². The molecule has 1 saturated heterocycles. The minimum absolute atomic E-state index is 0.0190. The highest BCUT2D eigenvalue weighted by Crippen LogP contribution is 2.33. The molecule has 0 aromatic heterocycles. The molecule has 1 aliphatic rings. The number of anilines is 2. The predicted molar refractivity (Wildman–Crippen MR) is 84.3 cm³/mol. The Labute approximate surface area is 130 Å². The first-order valence-electron chi connectivity index (χ1n) is 7.51. The highest BCUT2D eigenvalue weighted by atomic mass is 16.5. The number of carbonyl (C=O) groups is 2. The Morgan fingerprint density at radius 3 is 2.86 bits per heavy atom. The normalized spacial score (nSPS) is 14.8. The number of carbonyl (C=O) groups excluding carboxylic acids is 2. The van der Waals surface area contributed by atoms with Gasteiger partial charge in [0, 0.05) is 31.3 Å². The van der Waals surface area contributed by atoms with Gasteiger partial charge in [-0.15, -0.1) is 0 Å². The van der Waals surface area contributed by atoms with E-state index in [1.54, 1.807) is 30.2 Å². The van der Waals surface area contributed by atoms with Crippen molar-refractivity contribution in [1.29, 1.82) is 0 Å². The van der Waals surface area contributed by atoms with E-state index >= 15 is 0 Å². The lowest BCUT2D eigenvalue weighted by molar-refractivity contribution is -0.120. The van der Waals surface area contributed by atoms with Gasteiger partial charge in [-0.05, 0) is 31.9 Å². The van der Waals surface area contributed by atoms with Crippen LogP contribution in [0, 0.1) is 0 Å². The monoisotopic (exact) mass is 306 g/mol. The van der Waals surface area contributed by atoms with E-state index in [9.17, 15) is 9.59 Å². The van der Waals surface area contributed by atoms with Crippen molar-refractivity contribution in [2.75, 3.05) is 37.1 Å². The number of ether oxygens (including phenoxy) is 2. The number of benzene rings is 1. The van der Waals surface area contributed by atoms with Crippen molar-refractivity contribution in [2.24, 2.45) is 0 Å². The molecule has 1 heterocycles. The van der Waals surface area contributed by atoms with Crippen molar-refractivity contribution < 1.29 is 19.1 Å². The van der Waals surface area contributed by atoms with Crippen LogP contribution in [0.15, 0.2) is 18.2 Å². The topological polar surface area (TPSA) is 67.9 Å². The second kappa shape index (κ2) is 7.79. The van der Waals surface area contributed by atoms with E-state index in [4.69, 9.17) is 9.47 Å². The van der Waals surface area contributed by atoms with Gasteiger partial charge in [0.25, 0.3) is 0 Å². The molecule has 0 aliphatic carbocycles. The number of methoxy groups -OCH3 is 1. The summed E-state index contributed by atoms with van der Waals surface area (Å²) in [6.45, 7) is 3.05. The fourth-order valence-electron chi connectivity index (χ4n) is 2.43. The van der Waals surface area contributed by atoms with E-state index in [0.717, 1.165) is 18.5 Å². The molecule has 0 atom stereocenters. The van der Waals surface area contributed by atoms with Crippen molar-refractivity contribution in [1.82, 2.24) is 0 Å². The van der Waals surface area contributed by atoms with E-state index in [-0.39, 0.29) is 18.4 Å². The van der Waals surface area contributed by atoms with E-state index in [2.05, 4.69) is 5.32 Å². The number of hydrogen-bond donors (Lipinski definition) is 1. The third-order valence-corrected chi connectivity index (χ3v) is 3.51. The van der Waals surface area contributed by atoms with E-state index in [1.165, 1.54) is 0 Å². The second-order valence-electron chi connectivity index (χ2n) is 5.07. The molecule has 2 rings (SSSR count). The molecular weight excluding hydrogens is 284 g/mol.